The van der Waals surface area contributed by atoms with Crippen LogP contribution in [0.25, 0.3) is 0 Å². The molecule has 0 heterocycles. The van der Waals surface area contributed by atoms with Crippen molar-refractivity contribution in [3.8, 4) is 0 Å². The van der Waals surface area contributed by atoms with Crippen molar-refractivity contribution in [3.05, 3.63) is 34.9 Å². The Morgan fingerprint density at radius 2 is 1.95 bits per heavy atom. The Labute approximate surface area is 130 Å². The minimum Gasteiger partial charge on any atom is -0.400 e. The van der Waals surface area contributed by atoms with E-state index in [4.69, 9.17) is 5.11 Å². The van der Waals surface area contributed by atoms with Gasteiger partial charge in [-0.15, -0.1) is 0 Å². The van der Waals surface area contributed by atoms with E-state index < -0.39 is 0 Å². The van der Waals surface area contributed by atoms with Crippen LogP contribution in [-0.2, 0) is 4.79 Å². The fraction of sp³-hybridized carbons (Fsp3) is 0.632. The third-order valence-corrected chi connectivity index (χ3v) is 4.05. The van der Waals surface area contributed by atoms with E-state index in [1.807, 2.05) is 0 Å². The Kier molecular flexibility index (Phi) is 10.9. The first-order valence-electron chi connectivity index (χ1n) is 7.90. The van der Waals surface area contributed by atoms with Gasteiger partial charge in [-0.25, -0.2) is 0 Å². The number of aliphatic hydroxyl groups excluding tert-OH is 1. The number of carbonyl (C=O) groups excluding carboxylic acids is 1. The minimum atomic E-state index is 0.229. The molecule has 1 aliphatic rings. The molecule has 0 aromatic carbocycles. The zero-order valence-corrected chi connectivity index (χ0v) is 14.4. The molecule has 0 saturated heterocycles. The highest BCUT2D eigenvalue weighted by molar-refractivity contribution is 5.55. The van der Waals surface area contributed by atoms with E-state index in [0.717, 1.165) is 45.5 Å². The molecule has 1 N–H and O–H groups in total. The Morgan fingerprint density at radius 3 is 2.52 bits per heavy atom. The number of aliphatic hydroxyl groups is 1. The molecule has 0 bridgehead atoms. The van der Waals surface area contributed by atoms with E-state index in [-0.39, 0.29) is 5.92 Å². The van der Waals surface area contributed by atoms with E-state index >= 15 is 0 Å². The third-order valence-electron chi connectivity index (χ3n) is 4.05. The highest BCUT2D eigenvalue weighted by Crippen LogP contribution is 2.32. The van der Waals surface area contributed by atoms with Crippen molar-refractivity contribution in [2.75, 3.05) is 7.11 Å². The molecule has 2 nitrogen and oxygen atoms in total. The van der Waals surface area contributed by atoms with Gasteiger partial charge in [0.25, 0.3) is 0 Å². The number of hydrogen-bond donors (Lipinski definition) is 1. The standard InChI is InChI=1S/C18H28O.CH4O/c1-14(2)7-5-8-15(3)11-12-18-16(4)9-6-10-17(18)13-19;1-2/h7,9,11,13,17-18H,5-6,8,10,12H2,1-4H3;2H,1H3/b15-11+;. The molecule has 1 aliphatic carbocycles. The van der Waals surface area contributed by atoms with Gasteiger partial charge in [0, 0.05) is 13.0 Å². The van der Waals surface area contributed by atoms with Crippen LogP contribution in [-0.4, -0.2) is 18.5 Å². The number of aldehydes is 1. The largest absolute Gasteiger partial charge is 0.400 e. The minimum absolute atomic E-state index is 0.229. The number of carbonyl (C=O) groups is 1. The summed E-state index contributed by atoms with van der Waals surface area (Å²) in [7, 11) is 1.00. The molecule has 120 valence electrons. The summed E-state index contributed by atoms with van der Waals surface area (Å²) >= 11 is 0. The first-order valence-corrected chi connectivity index (χ1v) is 7.90. The summed E-state index contributed by atoms with van der Waals surface area (Å²) in [6.07, 6.45) is 13.5. The average Bonchev–Trinajstić information content (AvgIpc) is 2.47. The van der Waals surface area contributed by atoms with E-state index in [0.29, 0.717) is 5.92 Å². The highest BCUT2D eigenvalue weighted by atomic mass is 16.2. The lowest BCUT2D eigenvalue weighted by Crippen LogP contribution is -2.20. The van der Waals surface area contributed by atoms with Crippen molar-refractivity contribution >= 4 is 6.29 Å². The summed E-state index contributed by atoms with van der Waals surface area (Å²) in [5.41, 5.74) is 4.23. The third kappa shape index (κ3) is 8.01. The zero-order chi connectivity index (χ0) is 16.3. The van der Waals surface area contributed by atoms with Gasteiger partial charge in [0.2, 0.25) is 0 Å². The second kappa shape index (κ2) is 11.5. The zero-order valence-electron chi connectivity index (χ0n) is 14.4. The van der Waals surface area contributed by atoms with Gasteiger partial charge >= 0.3 is 0 Å². The van der Waals surface area contributed by atoms with Crippen LogP contribution in [0.2, 0.25) is 0 Å². The maximum atomic E-state index is 11.2. The molecule has 1 rings (SSSR count). The molecule has 0 spiro atoms. The van der Waals surface area contributed by atoms with Crippen LogP contribution < -0.4 is 0 Å². The molecule has 0 radical (unpaired) electrons. The molecule has 2 atom stereocenters. The van der Waals surface area contributed by atoms with Gasteiger partial charge in [0.15, 0.2) is 0 Å². The summed E-state index contributed by atoms with van der Waals surface area (Å²) < 4.78 is 0. The molecule has 0 amide bonds. The monoisotopic (exact) mass is 292 g/mol. The lowest BCUT2D eigenvalue weighted by atomic mass is 9.77. The smallest absolute Gasteiger partial charge is 0.123 e. The maximum Gasteiger partial charge on any atom is 0.123 e. The molecule has 0 aromatic rings. The SMILES string of the molecule is CC(C)=CCC/C(C)=C/CC1C(C)=CCCC1C=O.CO. The molecular weight excluding hydrogens is 260 g/mol. The predicted octanol–water partition coefficient (Wildman–Crippen LogP) is 4.85. The molecule has 0 fully saturated rings. The van der Waals surface area contributed by atoms with Gasteiger partial charge in [-0.3, -0.25) is 0 Å². The summed E-state index contributed by atoms with van der Waals surface area (Å²) in [4.78, 5) is 11.2. The van der Waals surface area contributed by atoms with E-state index in [1.165, 1.54) is 16.7 Å². The van der Waals surface area contributed by atoms with E-state index in [1.54, 1.807) is 0 Å². The summed E-state index contributed by atoms with van der Waals surface area (Å²) in [6, 6.07) is 0. The molecule has 2 unspecified atom stereocenters. The fourth-order valence-electron chi connectivity index (χ4n) is 2.74. The Hall–Kier alpha value is -1.15. The first-order chi connectivity index (χ1) is 10.0. The van der Waals surface area contributed by atoms with Crippen LogP contribution in [0.4, 0.5) is 0 Å². The molecule has 0 aromatic heterocycles. The highest BCUT2D eigenvalue weighted by Gasteiger charge is 2.24. The molecule has 21 heavy (non-hydrogen) atoms. The van der Waals surface area contributed by atoms with Crippen molar-refractivity contribution in [2.24, 2.45) is 11.8 Å². The van der Waals surface area contributed by atoms with Gasteiger partial charge in [0.05, 0.1) is 0 Å². The van der Waals surface area contributed by atoms with Crippen LogP contribution in [0.1, 0.15) is 59.8 Å². The molecule has 0 aliphatic heterocycles. The summed E-state index contributed by atoms with van der Waals surface area (Å²) in [5.74, 6) is 0.663. The van der Waals surface area contributed by atoms with Crippen LogP contribution in [0.3, 0.4) is 0 Å². The molecular formula is C19H32O2. The van der Waals surface area contributed by atoms with Crippen molar-refractivity contribution in [1.29, 1.82) is 0 Å². The topological polar surface area (TPSA) is 37.3 Å². The summed E-state index contributed by atoms with van der Waals surface area (Å²) in [5, 5.41) is 7.00. The van der Waals surface area contributed by atoms with Crippen LogP contribution in [0.15, 0.2) is 34.9 Å². The van der Waals surface area contributed by atoms with Gasteiger partial charge in [0.1, 0.15) is 6.29 Å². The first kappa shape index (κ1) is 19.9. The molecule has 2 heteroatoms. The van der Waals surface area contributed by atoms with E-state index in [9.17, 15) is 4.79 Å². The van der Waals surface area contributed by atoms with Gasteiger partial charge in [-0.2, -0.15) is 0 Å². The quantitative estimate of drug-likeness (QED) is 0.561. The second-order valence-electron chi connectivity index (χ2n) is 6.04. The summed E-state index contributed by atoms with van der Waals surface area (Å²) in [6.45, 7) is 8.66. The second-order valence-corrected chi connectivity index (χ2v) is 6.04. The van der Waals surface area contributed by atoms with Crippen LogP contribution in [0.5, 0.6) is 0 Å². The number of allylic oxidation sites excluding steroid dienone is 6. The Morgan fingerprint density at radius 1 is 1.29 bits per heavy atom. The Bertz CT molecular complexity index is 384. The van der Waals surface area contributed by atoms with Crippen LogP contribution in [0, 0.1) is 11.8 Å². The fourth-order valence-corrected chi connectivity index (χ4v) is 2.74. The normalized spacial score (nSPS) is 21.8. The Balaban J connectivity index is 0.00000191. The van der Waals surface area contributed by atoms with Crippen LogP contribution >= 0.6 is 0 Å². The van der Waals surface area contributed by atoms with Crippen molar-refractivity contribution in [1.82, 2.24) is 0 Å². The predicted molar refractivity (Wildman–Crippen MR) is 91.2 cm³/mol. The van der Waals surface area contributed by atoms with Gasteiger partial charge in [-0.05, 0) is 65.7 Å². The number of rotatable bonds is 6. The lowest BCUT2D eigenvalue weighted by molar-refractivity contribution is -0.112. The maximum absolute atomic E-state index is 11.2. The van der Waals surface area contributed by atoms with Crippen molar-refractivity contribution in [2.45, 2.75) is 59.8 Å². The number of hydrogen-bond acceptors (Lipinski definition) is 2. The lowest BCUT2D eigenvalue weighted by Gasteiger charge is -2.26. The van der Waals surface area contributed by atoms with Gasteiger partial charge in [-0.1, -0.05) is 34.9 Å². The molecule has 0 saturated carbocycles. The van der Waals surface area contributed by atoms with E-state index in [2.05, 4.69) is 45.9 Å². The van der Waals surface area contributed by atoms with Gasteiger partial charge < -0.3 is 9.90 Å². The van der Waals surface area contributed by atoms with Crippen molar-refractivity contribution < 1.29 is 9.90 Å². The average molecular weight is 292 g/mol. The van der Waals surface area contributed by atoms with Crippen molar-refractivity contribution in [3.63, 3.8) is 0 Å².